The molecule has 2 aromatic rings. The highest BCUT2D eigenvalue weighted by Crippen LogP contribution is 2.28. The Morgan fingerprint density at radius 1 is 0.377 bits per heavy atom. The van der Waals surface area contributed by atoms with Gasteiger partial charge in [0.2, 0.25) is 70.9 Å². The Balaban J connectivity index is 0.000000753. The van der Waals surface area contributed by atoms with E-state index in [0.29, 0.717) is 17.5 Å². The van der Waals surface area contributed by atoms with Crippen molar-refractivity contribution < 1.29 is 121 Å². The molecule has 2 aromatic carbocycles. The summed E-state index contributed by atoms with van der Waals surface area (Å²) in [6.07, 6.45) is -4.57. The van der Waals surface area contributed by atoms with E-state index in [0.717, 1.165) is 25.7 Å². The topological polar surface area (TPSA) is 743 Å². The molecule has 0 aromatic heterocycles. The van der Waals surface area contributed by atoms with Crippen molar-refractivity contribution in [1.82, 2.24) is 63.8 Å². The van der Waals surface area contributed by atoms with E-state index in [4.69, 9.17) is 34.4 Å². The number of carbonyl (C=O) groups is 20. The highest BCUT2D eigenvalue weighted by molar-refractivity contribution is 6.02. The summed E-state index contributed by atoms with van der Waals surface area (Å²) >= 11 is 0. The second-order valence-corrected chi connectivity index (χ2v) is 39.5. The average molecular weight is 2060 g/mol. The minimum Gasteiger partial charge on any atom is -0.394 e. The molecule has 12 amide bonds. The van der Waals surface area contributed by atoms with Crippen LogP contribution >= 0.6 is 0 Å². The number of nitrogens with two attached hydrogens (primary N) is 6. The van der Waals surface area contributed by atoms with Gasteiger partial charge in [0.25, 0.3) is 0 Å². The zero-order chi connectivity index (χ0) is 110. The molecular formula is C103H168N18O25. The van der Waals surface area contributed by atoms with Crippen molar-refractivity contribution in [2.24, 2.45) is 93.6 Å². The summed E-state index contributed by atoms with van der Waals surface area (Å²) in [7, 11) is 0. The third-order valence-electron chi connectivity index (χ3n) is 26.0. The number of amides is 12. The van der Waals surface area contributed by atoms with Crippen LogP contribution in [0.3, 0.4) is 0 Å². The number of rotatable bonds is 46. The number of hydrogen-bond acceptors (Lipinski definition) is 31. The Morgan fingerprint density at radius 3 is 1.03 bits per heavy atom. The first-order valence-electron chi connectivity index (χ1n) is 51.5. The Morgan fingerprint density at radius 2 is 0.699 bits per heavy atom. The molecule has 43 nitrogen and oxygen atoms in total. The molecule has 2 heterocycles. The molecule has 29 N–H and O–H groups in total. The molecule has 2 aliphatic heterocycles. The standard InChI is InChI=1S/C55H91N9O12.C48H77N9O13/c1-7-9-10-11-15-18-40(67)32-41(34(5)65)52(73)60-42(8-2)47(69)29-37-22-26-59-55(76)49(35(6)66)64-54(75)44(21-25-58)62-53(74)43(20-24-57)61-51(72)39(27-33(3)4)31-48(70)45(28-36-16-13-12-14-17-36)63-50(71)38(19-23-56)30-46(37)68;1-26(2)19-33-24-40(63)37(21-30-9-7-6-8-10-30)55-43(65)32(11-15-49)23-39(62)31(22-41(64)38(25-58)56-45(67)34(28(4)60)20-27(3)59)14-18-52-48(70)42(29(5)61)57-47(69)36(13-17-51)54-46(68)35(12-16-50)53-44(33)66/h12-14,16-17,33-35,37-39,41-45,49,65-66H,7-11,15,18-32,56-58H2,1-6H3,(H,59,76)(H,60,73)(H,61,72)(H,62,74)(H,63,71)(H,64,75);6-10,26,28-29,31-38,42,58,60-61H,11-25,49-51H2,1-5H3,(H,52,70)(H,53,66)(H,54,68)(H,55,65)(H,56,67)(H,57,69)/t34?,35?,37-,38-,39-,41+,42+,43+,44+,45-,49+;28?,29?,31-,32-,33-,34+,35+,36+,37-,38-,42+/m11/s1. The molecule has 0 aliphatic carbocycles. The minimum atomic E-state index is -1.62. The molecule has 2 aliphatic rings. The predicted octanol–water partition coefficient (Wildman–Crippen LogP) is -1.56. The maximum atomic E-state index is 14.6. The quantitative estimate of drug-likeness (QED) is 0.0333. The van der Waals surface area contributed by atoms with Crippen molar-refractivity contribution in [2.75, 3.05) is 59.0 Å². The molecule has 43 heteroatoms. The SMILES string of the molecule is CC(=O)C[C@H](C(=O)N[C@H](CO)C(=O)C[C@H]1CCNC(=O)[C@H](C(C)O)NC(=O)[C@H](CCN)NC(=O)[C@H](CCN)NC(=O)[C@H](CC(C)C)CC(=O)[C@@H](Cc2ccccc2)NC(=O)[C@H](CCN)CC1=O)C(C)O.CCCCCCCC(=O)C[C@H](C(=O)N[C@@H](CC)C(=O)C[C@H]1CCNC(=O)[C@H](C(C)O)NC(=O)[C@H](CCN)NC(=O)[C@H](CCN)NC(=O)[C@H](CC(C)C)CC(=O)[C@@H](Cc2ccccc2)NC(=O)[C@H](CCN)CC1=O)C(C)O. The van der Waals surface area contributed by atoms with E-state index in [-0.39, 0.29) is 186 Å². The van der Waals surface area contributed by atoms with E-state index >= 15 is 0 Å². The molecule has 0 radical (unpaired) electrons. The summed E-state index contributed by atoms with van der Waals surface area (Å²) in [5, 5.41) is 83.6. The van der Waals surface area contributed by atoms with Gasteiger partial charge in [-0.3, -0.25) is 91.1 Å². The molecular weight excluding hydrogens is 1890 g/mol. The van der Waals surface area contributed by atoms with Gasteiger partial charge < -0.3 is 129 Å². The second kappa shape index (κ2) is 69.3. The lowest BCUT2D eigenvalue weighted by Crippen LogP contribution is -2.59. The molecule has 0 bridgehead atoms. The Kier molecular flexibility index (Phi) is 61.3. The fraction of sp³-hybridized carbons (Fsp3) is 0.689. The van der Waals surface area contributed by atoms with Gasteiger partial charge in [-0.1, -0.05) is 128 Å². The number of carbonyl (C=O) groups excluding carboxylic acids is 20. The molecule has 0 saturated carbocycles. The maximum Gasteiger partial charge on any atom is 0.245 e. The number of unbranched alkanes of at least 4 members (excludes halogenated alkanes) is 4. The van der Waals surface area contributed by atoms with Crippen LogP contribution in [0.5, 0.6) is 0 Å². The van der Waals surface area contributed by atoms with Crippen LogP contribution in [0.1, 0.15) is 248 Å². The van der Waals surface area contributed by atoms with E-state index in [1.165, 1.54) is 34.6 Å². The monoisotopic (exact) mass is 2060 g/mol. The summed E-state index contributed by atoms with van der Waals surface area (Å²) in [6.45, 7) is 15.4. The lowest BCUT2D eigenvalue weighted by molar-refractivity contribution is -0.137. The Bertz CT molecular complexity index is 4530. The van der Waals surface area contributed by atoms with Crippen molar-refractivity contribution in [3.05, 3.63) is 71.8 Å². The van der Waals surface area contributed by atoms with Crippen LogP contribution in [0.25, 0.3) is 0 Å². The molecule has 820 valence electrons. The average Bonchev–Trinajstić information content (AvgIpc) is 1.20. The number of aliphatic hydroxyl groups excluding tert-OH is 5. The van der Waals surface area contributed by atoms with Gasteiger partial charge >= 0.3 is 0 Å². The first-order valence-corrected chi connectivity index (χ1v) is 51.5. The molecule has 4 unspecified atom stereocenters. The van der Waals surface area contributed by atoms with Crippen LogP contribution in [0.15, 0.2) is 60.7 Å². The number of ketones is 8. The van der Waals surface area contributed by atoms with Gasteiger partial charge in [-0.15, -0.1) is 0 Å². The third-order valence-corrected chi connectivity index (χ3v) is 26.0. The minimum absolute atomic E-state index is 0.00556. The van der Waals surface area contributed by atoms with Gasteiger partial charge in [0.05, 0.1) is 61.0 Å². The number of aliphatic hydroxyl groups is 5. The van der Waals surface area contributed by atoms with E-state index in [1.807, 2.05) is 27.7 Å². The van der Waals surface area contributed by atoms with Crippen molar-refractivity contribution >= 4 is 117 Å². The fourth-order valence-electron chi connectivity index (χ4n) is 17.5. The highest BCUT2D eigenvalue weighted by Gasteiger charge is 2.42. The largest absolute Gasteiger partial charge is 0.394 e. The number of nitrogens with one attached hydrogen (secondary N) is 12. The van der Waals surface area contributed by atoms with E-state index < -0.39 is 276 Å². The first kappa shape index (κ1) is 129. The van der Waals surface area contributed by atoms with E-state index in [1.54, 1.807) is 67.6 Å². The van der Waals surface area contributed by atoms with Crippen molar-refractivity contribution in [1.29, 1.82) is 0 Å². The van der Waals surface area contributed by atoms with Crippen LogP contribution in [0, 0.1) is 59.2 Å². The first-order chi connectivity index (χ1) is 69.2. The Labute approximate surface area is 857 Å². The molecule has 146 heavy (non-hydrogen) atoms. The van der Waals surface area contributed by atoms with Crippen molar-refractivity contribution in [2.45, 2.75) is 334 Å². The lowest BCUT2D eigenvalue weighted by Gasteiger charge is -2.27. The summed E-state index contributed by atoms with van der Waals surface area (Å²) < 4.78 is 0. The van der Waals surface area contributed by atoms with Crippen LogP contribution < -0.4 is 98.2 Å². The Hall–Kier alpha value is -11.0. The zero-order valence-corrected chi connectivity index (χ0v) is 87.0. The van der Waals surface area contributed by atoms with Crippen molar-refractivity contribution in [3.63, 3.8) is 0 Å². The molecule has 2 fully saturated rings. The van der Waals surface area contributed by atoms with Gasteiger partial charge in [-0.25, -0.2) is 0 Å². The molecule has 4 rings (SSSR count). The molecule has 2 saturated heterocycles. The van der Waals surface area contributed by atoms with Crippen LogP contribution in [0.2, 0.25) is 0 Å². The van der Waals surface area contributed by atoms with Gasteiger partial charge in [-0.05, 0) is 187 Å². The highest BCUT2D eigenvalue weighted by atomic mass is 16.3. The molecule has 22 atom stereocenters. The lowest BCUT2D eigenvalue weighted by atomic mass is 9.85. The summed E-state index contributed by atoms with van der Waals surface area (Å²) in [4.78, 5) is 277. The van der Waals surface area contributed by atoms with Crippen molar-refractivity contribution in [3.8, 4) is 0 Å². The zero-order valence-electron chi connectivity index (χ0n) is 87.0. The normalized spacial score (nSPS) is 24.2. The van der Waals surface area contributed by atoms with Crippen LogP contribution in [0.4, 0.5) is 0 Å². The van der Waals surface area contributed by atoms with Crippen LogP contribution in [-0.2, 0) is 109 Å². The number of hydrogen-bond donors (Lipinski definition) is 23. The van der Waals surface area contributed by atoms with Gasteiger partial charge in [-0.2, -0.15) is 0 Å². The predicted molar refractivity (Wildman–Crippen MR) is 544 cm³/mol. The summed E-state index contributed by atoms with van der Waals surface area (Å²) in [5.41, 5.74) is 36.7. The number of Topliss-reactive ketones (excluding diaryl/α,β-unsaturated/α-hetero) is 8. The summed E-state index contributed by atoms with van der Waals surface area (Å²) in [6, 6.07) is 3.97. The van der Waals surface area contributed by atoms with E-state index in [2.05, 4.69) is 70.7 Å². The third kappa shape index (κ3) is 47.0. The number of benzene rings is 2. The fourth-order valence-corrected chi connectivity index (χ4v) is 17.5. The van der Waals surface area contributed by atoms with Gasteiger partial charge in [0.1, 0.15) is 65.4 Å². The van der Waals surface area contributed by atoms with Gasteiger partial charge in [0, 0.05) is 106 Å². The van der Waals surface area contributed by atoms with Gasteiger partial charge in [0.15, 0.2) is 23.1 Å². The summed E-state index contributed by atoms with van der Waals surface area (Å²) in [5.74, 6) is -23.2. The van der Waals surface area contributed by atoms with E-state index in [9.17, 15) is 121 Å². The van der Waals surface area contributed by atoms with Crippen LogP contribution in [-0.4, -0.2) is 286 Å². The maximum absolute atomic E-state index is 14.6. The molecule has 0 spiro atoms. The smallest absolute Gasteiger partial charge is 0.245 e. The second-order valence-electron chi connectivity index (χ2n) is 39.5.